The molecular weight excluding hydrogens is 392 g/mol. The zero-order valence-corrected chi connectivity index (χ0v) is 17.3. The summed E-state index contributed by atoms with van der Waals surface area (Å²) in [6.45, 7) is 3.91. The Kier molecular flexibility index (Phi) is 5.32. The van der Waals surface area contributed by atoms with Crippen LogP contribution in [-0.4, -0.2) is 58.0 Å². The van der Waals surface area contributed by atoms with Gasteiger partial charge in [-0.3, -0.25) is 4.98 Å². The van der Waals surface area contributed by atoms with Crippen molar-refractivity contribution < 1.29 is 4.74 Å². The van der Waals surface area contributed by atoms with Gasteiger partial charge in [-0.2, -0.15) is 0 Å². The van der Waals surface area contributed by atoms with E-state index in [1.807, 2.05) is 35.1 Å². The van der Waals surface area contributed by atoms with Gasteiger partial charge >= 0.3 is 0 Å². The van der Waals surface area contributed by atoms with E-state index < -0.39 is 0 Å². The fraction of sp³-hybridized carbons (Fsp3) is 0.273. The number of ether oxygens (including phenoxy) is 1. The molecule has 9 heteroatoms. The van der Waals surface area contributed by atoms with Crippen LogP contribution < -0.4 is 20.3 Å². The first-order chi connectivity index (χ1) is 15.3. The van der Waals surface area contributed by atoms with Crippen molar-refractivity contribution in [1.29, 1.82) is 0 Å². The predicted molar refractivity (Wildman–Crippen MR) is 120 cm³/mol. The molecule has 31 heavy (non-hydrogen) atoms. The summed E-state index contributed by atoms with van der Waals surface area (Å²) < 4.78 is 7.38. The van der Waals surface area contributed by atoms with E-state index in [2.05, 4.69) is 36.6 Å². The molecule has 1 aliphatic rings. The number of hydrogen-bond donors (Lipinski definition) is 2. The van der Waals surface area contributed by atoms with Crippen LogP contribution in [0.1, 0.15) is 6.42 Å². The van der Waals surface area contributed by atoms with E-state index in [0.717, 1.165) is 60.8 Å². The lowest BCUT2D eigenvalue weighted by atomic mass is 10.2. The molecule has 1 fully saturated rings. The minimum absolute atomic E-state index is 0.636. The van der Waals surface area contributed by atoms with Crippen molar-refractivity contribution in [3.63, 3.8) is 0 Å². The minimum Gasteiger partial charge on any atom is -0.497 e. The second-order valence-electron chi connectivity index (χ2n) is 7.32. The monoisotopic (exact) mass is 416 g/mol. The summed E-state index contributed by atoms with van der Waals surface area (Å²) in [7, 11) is 1.67. The molecule has 0 bridgehead atoms. The molecule has 3 aromatic heterocycles. The van der Waals surface area contributed by atoms with E-state index in [1.165, 1.54) is 0 Å². The van der Waals surface area contributed by atoms with Gasteiger partial charge in [0.25, 0.3) is 0 Å². The number of rotatable bonds is 5. The third-order valence-corrected chi connectivity index (χ3v) is 5.34. The van der Waals surface area contributed by atoms with E-state index in [4.69, 9.17) is 9.84 Å². The summed E-state index contributed by atoms with van der Waals surface area (Å²) >= 11 is 0. The summed E-state index contributed by atoms with van der Waals surface area (Å²) in [4.78, 5) is 15.4. The Morgan fingerprint density at radius 3 is 2.87 bits per heavy atom. The van der Waals surface area contributed by atoms with Gasteiger partial charge in [0, 0.05) is 55.7 Å². The van der Waals surface area contributed by atoms with Crippen molar-refractivity contribution >= 4 is 28.4 Å². The van der Waals surface area contributed by atoms with Crippen molar-refractivity contribution in [2.45, 2.75) is 6.42 Å². The molecule has 0 radical (unpaired) electrons. The first kappa shape index (κ1) is 19.3. The highest BCUT2D eigenvalue weighted by atomic mass is 16.5. The zero-order valence-electron chi connectivity index (χ0n) is 17.3. The van der Waals surface area contributed by atoms with E-state index in [9.17, 15) is 0 Å². The molecule has 4 aromatic rings. The Balaban J connectivity index is 1.58. The summed E-state index contributed by atoms with van der Waals surface area (Å²) in [5.41, 5.74) is 1.87. The first-order valence-electron chi connectivity index (χ1n) is 10.3. The standard InChI is InChI=1S/C22H24N8O/c1-31-17-3-4-18-19(14-17)30(28-22(18)27-20-15-24-8-9-25-20)16-5-7-26-21(13-16)29-11-2-6-23-10-12-29/h3-5,7-9,13-15,23H,2,6,10-12H2,1H3,(H,25,27,28). The van der Waals surface area contributed by atoms with Gasteiger partial charge in [0.05, 0.1) is 24.5 Å². The third kappa shape index (κ3) is 3.99. The summed E-state index contributed by atoms with van der Waals surface area (Å²) in [6, 6.07) is 9.97. The maximum absolute atomic E-state index is 5.46. The van der Waals surface area contributed by atoms with E-state index in [-0.39, 0.29) is 0 Å². The molecule has 1 aliphatic heterocycles. The lowest BCUT2D eigenvalue weighted by molar-refractivity contribution is 0.415. The first-order valence-corrected chi connectivity index (χ1v) is 10.3. The van der Waals surface area contributed by atoms with Crippen LogP contribution in [-0.2, 0) is 0 Å². The maximum Gasteiger partial charge on any atom is 0.162 e. The van der Waals surface area contributed by atoms with Gasteiger partial charge in [0.1, 0.15) is 17.4 Å². The Morgan fingerprint density at radius 1 is 1.03 bits per heavy atom. The van der Waals surface area contributed by atoms with Gasteiger partial charge in [-0.05, 0) is 31.2 Å². The SMILES string of the molecule is COc1ccc2c(Nc3cnccn3)nn(-c3ccnc(N4CCCNCC4)c3)c2c1. The number of hydrogen-bond acceptors (Lipinski definition) is 8. The van der Waals surface area contributed by atoms with Gasteiger partial charge in [0.2, 0.25) is 0 Å². The third-order valence-electron chi connectivity index (χ3n) is 5.34. The van der Waals surface area contributed by atoms with Gasteiger partial charge in [0.15, 0.2) is 5.82 Å². The molecule has 5 rings (SSSR count). The largest absolute Gasteiger partial charge is 0.497 e. The lowest BCUT2D eigenvalue weighted by Crippen LogP contribution is -2.28. The van der Waals surface area contributed by atoms with Crippen molar-refractivity contribution in [2.75, 3.05) is 43.5 Å². The number of nitrogens with zero attached hydrogens (tertiary/aromatic N) is 6. The highest BCUT2D eigenvalue weighted by Crippen LogP contribution is 2.31. The molecule has 0 saturated carbocycles. The number of nitrogens with one attached hydrogen (secondary N) is 2. The number of anilines is 3. The van der Waals surface area contributed by atoms with Crippen LogP contribution in [0.4, 0.5) is 17.5 Å². The molecule has 0 amide bonds. The molecule has 4 heterocycles. The number of pyridine rings is 1. The molecule has 0 spiro atoms. The van der Waals surface area contributed by atoms with Gasteiger partial charge in [-0.15, -0.1) is 5.10 Å². The number of fused-ring (bicyclic) bond motifs is 1. The van der Waals surface area contributed by atoms with E-state index >= 15 is 0 Å². The number of aromatic nitrogens is 5. The lowest BCUT2D eigenvalue weighted by Gasteiger charge is -2.21. The van der Waals surface area contributed by atoms with Crippen LogP contribution in [0.15, 0.2) is 55.1 Å². The molecular formula is C22H24N8O. The number of methoxy groups -OCH3 is 1. The highest BCUT2D eigenvalue weighted by molar-refractivity contribution is 5.93. The summed E-state index contributed by atoms with van der Waals surface area (Å²) in [6.07, 6.45) is 7.90. The zero-order chi connectivity index (χ0) is 21.0. The van der Waals surface area contributed by atoms with Crippen LogP contribution in [0.25, 0.3) is 16.6 Å². The van der Waals surface area contributed by atoms with Gasteiger partial charge < -0.3 is 20.3 Å². The maximum atomic E-state index is 5.46. The van der Waals surface area contributed by atoms with Crippen LogP contribution >= 0.6 is 0 Å². The van der Waals surface area contributed by atoms with E-state index in [1.54, 1.807) is 25.7 Å². The van der Waals surface area contributed by atoms with E-state index in [0.29, 0.717) is 11.6 Å². The Bertz CT molecular complexity index is 1170. The molecule has 1 aromatic carbocycles. The van der Waals surface area contributed by atoms with Crippen LogP contribution in [0, 0.1) is 0 Å². The van der Waals surface area contributed by atoms with Crippen LogP contribution in [0.3, 0.4) is 0 Å². The van der Waals surface area contributed by atoms with Crippen molar-refractivity contribution in [3.05, 3.63) is 55.1 Å². The van der Waals surface area contributed by atoms with Crippen molar-refractivity contribution in [2.24, 2.45) is 0 Å². The van der Waals surface area contributed by atoms with Crippen molar-refractivity contribution in [3.8, 4) is 11.4 Å². The second-order valence-corrected chi connectivity index (χ2v) is 7.32. The molecule has 2 N–H and O–H groups in total. The number of benzene rings is 1. The average Bonchev–Trinajstić information content (AvgIpc) is 2.99. The predicted octanol–water partition coefficient (Wildman–Crippen LogP) is 2.76. The van der Waals surface area contributed by atoms with Crippen LogP contribution in [0.2, 0.25) is 0 Å². The molecule has 1 saturated heterocycles. The minimum atomic E-state index is 0.636. The molecule has 9 nitrogen and oxygen atoms in total. The smallest absolute Gasteiger partial charge is 0.162 e. The molecule has 0 atom stereocenters. The normalized spacial score (nSPS) is 14.4. The Labute approximate surface area is 180 Å². The fourth-order valence-corrected chi connectivity index (χ4v) is 3.78. The topological polar surface area (TPSA) is 93.0 Å². The van der Waals surface area contributed by atoms with Gasteiger partial charge in [-0.1, -0.05) is 0 Å². The fourth-order valence-electron chi connectivity index (χ4n) is 3.78. The molecule has 0 unspecified atom stereocenters. The highest BCUT2D eigenvalue weighted by Gasteiger charge is 2.16. The molecule has 0 aliphatic carbocycles. The second kappa shape index (κ2) is 8.57. The quantitative estimate of drug-likeness (QED) is 0.513. The Hall–Kier alpha value is -3.72. The van der Waals surface area contributed by atoms with Crippen molar-refractivity contribution in [1.82, 2.24) is 30.0 Å². The summed E-state index contributed by atoms with van der Waals surface area (Å²) in [5.74, 6) is 3.07. The Morgan fingerprint density at radius 2 is 2.00 bits per heavy atom. The van der Waals surface area contributed by atoms with Crippen LogP contribution in [0.5, 0.6) is 5.75 Å². The van der Waals surface area contributed by atoms with Gasteiger partial charge in [-0.25, -0.2) is 14.6 Å². The average molecular weight is 416 g/mol. The molecule has 158 valence electrons. The summed E-state index contributed by atoms with van der Waals surface area (Å²) in [5, 5.41) is 12.5.